The molecule has 0 spiro atoms. The Kier molecular flexibility index (Phi) is 7.12. The highest BCUT2D eigenvalue weighted by Gasteiger charge is 2.31. The van der Waals surface area contributed by atoms with Crippen molar-refractivity contribution >= 4 is 5.96 Å². The third-order valence-electron chi connectivity index (χ3n) is 5.10. The van der Waals surface area contributed by atoms with Gasteiger partial charge < -0.3 is 15.4 Å². The van der Waals surface area contributed by atoms with Crippen LogP contribution in [0.2, 0.25) is 0 Å². The average Bonchev–Trinajstić information content (AvgIpc) is 2.96. The number of hydrogen-bond acceptors (Lipinski definition) is 3. The Bertz CT molecular complexity index is 585. The smallest absolute Gasteiger partial charge is 0.191 e. The number of aliphatic imine (C=N–C) groups is 1. The number of nitrogens with zero attached hydrogens (tertiary/aromatic N) is 2. The molecule has 1 fully saturated rings. The molecule has 0 saturated carbocycles. The predicted molar refractivity (Wildman–Crippen MR) is 106 cm³/mol. The van der Waals surface area contributed by atoms with Crippen molar-refractivity contribution in [1.82, 2.24) is 15.5 Å². The van der Waals surface area contributed by atoms with Crippen LogP contribution in [0.25, 0.3) is 0 Å². The van der Waals surface area contributed by atoms with Gasteiger partial charge in [0.15, 0.2) is 5.96 Å². The van der Waals surface area contributed by atoms with Crippen LogP contribution in [-0.2, 0) is 6.42 Å². The van der Waals surface area contributed by atoms with Crippen molar-refractivity contribution in [3.8, 4) is 5.75 Å². The van der Waals surface area contributed by atoms with Gasteiger partial charge in [0.2, 0.25) is 0 Å². The number of aryl methyl sites for hydroxylation is 1. The topological polar surface area (TPSA) is 48.9 Å². The van der Waals surface area contributed by atoms with E-state index in [0.717, 1.165) is 37.8 Å². The first-order valence-electron chi connectivity index (χ1n) is 9.29. The van der Waals surface area contributed by atoms with Crippen molar-refractivity contribution in [1.29, 1.82) is 0 Å². The zero-order chi connectivity index (χ0) is 18.4. The van der Waals surface area contributed by atoms with Crippen LogP contribution in [0.3, 0.4) is 0 Å². The minimum atomic E-state index is 0.452. The number of ether oxygens (including phenoxy) is 1. The Balaban J connectivity index is 1.83. The van der Waals surface area contributed by atoms with Crippen LogP contribution in [0.15, 0.2) is 23.2 Å². The predicted octanol–water partition coefficient (Wildman–Crippen LogP) is 2.44. The molecule has 0 bridgehead atoms. The first kappa shape index (κ1) is 19.6. The van der Waals surface area contributed by atoms with Crippen molar-refractivity contribution in [3.05, 3.63) is 29.3 Å². The molecule has 0 aromatic heterocycles. The molecule has 1 heterocycles. The van der Waals surface area contributed by atoms with Crippen LogP contribution in [0.4, 0.5) is 0 Å². The van der Waals surface area contributed by atoms with Crippen LogP contribution in [0.5, 0.6) is 5.75 Å². The van der Waals surface area contributed by atoms with Crippen LogP contribution >= 0.6 is 0 Å². The van der Waals surface area contributed by atoms with Crippen molar-refractivity contribution in [2.45, 2.75) is 46.2 Å². The molecule has 140 valence electrons. The van der Waals surface area contributed by atoms with Gasteiger partial charge in [0.25, 0.3) is 0 Å². The molecule has 0 amide bonds. The number of likely N-dealkylation sites (tertiary alicyclic amines) is 1. The first-order chi connectivity index (χ1) is 11.9. The molecule has 5 nitrogen and oxygen atoms in total. The summed E-state index contributed by atoms with van der Waals surface area (Å²) in [5.74, 6) is 2.47. The summed E-state index contributed by atoms with van der Waals surface area (Å²) in [6.45, 7) is 12.0. The molecule has 0 radical (unpaired) electrons. The molecular formula is C20H34N4O. The second-order valence-corrected chi connectivity index (χ2v) is 7.33. The van der Waals surface area contributed by atoms with Crippen molar-refractivity contribution in [3.63, 3.8) is 0 Å². The van der Waals surface area contributed by atoms with Crippen molar-refractivity contribution < 1.29 is 4.74 Å². The monoisotopic (exact) mass is 346 g/mol. The maximum absolute atomic E-state index is 5.40. The Morgan fingerprint density at radius 3 is 2.72 bits per heavy atom. The summed E-state index contributed by atoms with van der Waals surface area (Å²) >= 11 is 0. The van der Waals surface area contributed by atoms with Gasteiger partial charge in [0.05, 0.1) is 7.11 Å². The maximum atomic E-state index is 5.40. The van der Waals surface area contributed by atoms with Gasteiger partial charge in [-0.3, -0.25) is 9.89 Å². The summed E-state index contributed by atoms with van der Waals surface area (Å²) in [6, 6.07) is 7.44. The lowest BCUT2D eigenvalue weighted by atomic mass is 10.1. The Morgan fingerprint density at radius 2 is 2.12 bits per heavy atom. The van der Waals surface area contributed by atoms with E-state index in [2.05, 4.69) is 66.4 Å². The summed E-state index contributed by atoms with van der Waals surface area (Å²) in [5.41, 5.74) is 2.44. The average molecular weight is 347 g/mol. The second kappa shape index (κ2) is 9.09. The highest BCUT2D eigenvalue weighted by molar-refractivity contribution is 5.80. The van der Waals surface area contributed by atoms with Gasteiger partial charge >= 0.3 is 0 Å². The van der Waals surface area contributed by atoms with Crippen molar-refractivity contribution in [2.75, 3.05) is 33.8 Å². The normalized spacial score (nSPS) is 21.6. The summed E-state index contributed by atoms with van der Waals surface area (Å²) in [4.78, 5) is 6.91. The molecule has 2 N–H and O–H groups in total. The highest BCUT2D eigenvalue weighted by atomic mass is 16.5. The Hall–Kier alpha value is -1.75. The fourth-order valence-electron chi connectivity index (χ4n) is 3.33. The molecule has 0 aliphatic carbocycles. The number of nitrogens with one attached hydrogen (secondary N) is 2. The minimum Gasteiger partial charge on any atom is -0.496 e. The summed E-state index contributed by atoms with van der Waals surface area (Å²) in [5, 5.41) is 7.03. The van der Waals surface area contributed by atoms with Gasteiger partial charge in [-0.1, -0.05) is 19.1 Å². The molecule has 1 aromatic carbocycles. The van der Waals surface area contributed by atoms with E-state index < -0.39 is 0 Å². The van der Waals surface area contributed by atoms with E-state index in [1.807, 2.05) is 7.05 Å². The summed E-state index contributed by atoms with van der Waals surface area (Å²) in [6.07, 6.45) is 0.940. The molecule has 2 atom stereocenters. The van der Waals surface area contributed by atoms with Gasteiger partial charge in [-0.05, 0) is 50.3 Å². The van der Waals surface area contributed by atoms with Gasteiger partial charge in [-0.25, -0.2) is 0 Å². The van der Waals surface area contributed by atoms with E-state index in [9.17, 15) is 0 Å². The lowest BCUT2D eigenvalue weighted by Crippen LogP contribution is -2.47. The fraction of sp³-hybridized carbons (Fsp3) is 0.650. The largest absolute Gasteiger partial charge is 0.496 e. The number of methoxy groups -OCH3 is 1. The molecule has 1 aromatic rings. The molecule has 1 aliphatic heterocycles. The van der Waals surface area contributed by atoms with Crippen molar-refractivity contribution in [2.24, 2.45) is 10.9 Å². The van der Waals surface area contributed by atoms with Crippen LogP contribution in [-0.4, -0.2) is 56.7 Å². The fourth-order valence-corrected chi connectivity index (χ4v) is 3.33. The summed E-state index contributed by atoms with van der Waals surface area (Å²) in [7, 11) is 3.56. The van der Waals surface area contributed by atoms with E-state index in [1.165, 1.54) is 11.1 Å². The summed E-state index contributed by atoms with van der Waals surface area (Å²) < 4.78 is 5.40. The number of rotatable bonds is 6. The van der Waals surface area contributed by atoms with Crippen LogP contribution in [0.1, 0.15) is 31.9 Å². The maximum Gasteiger partial charge on any atom is 0.191 e. The van der Waals surface area contributed by atoms with Gasteiger partial charge in [-0.2, -0.15) is 0 Å². The lowest BCUT2D eigenvalue weighted by Gasteiger charge is -2.22. The van der Waals surface area contributed by atoms with Gasteiger partial charge in [0.1, 0.15) is 5.75 Å². The van der Waals surface area contributed by atoms with E-state index in [-0.39, 0.29) is 0 Å². The minimum absolute atomic E-state index is 0.452. The van der Waals surface area contributed by atoms with E-state index in [0.29, 0.717) is 18.0 Å². The first-order valence-corrected chi connectivity index (χ1v) is 9.29. The van der Waals surface area contributed by atoms with Gasteiger partial charge in [0, 0.05) is 38.8 Å². The molecule has 1 aliphatic rings. The van der Waals surface area contributed by atoms with Crippen LogP contribution < -0.4 is 15.4 Å². The van der Waals surface area contributed by atoms with E-state index in [1.54, 1.807) is 7.11 Å². The molecule has 1 saturated heterocycles. The quantitative estimate of drug-likeness (QED) is 0.614. The zero-order valence-electron chi connectivity index (χ0n) is 16.6. The van der Waals surface area contributed by atoms with E-state index >= 15 is 0 Å². The number of guanidine groups is 1. The molecule has 2 unspecified atom stereocenters. The van der Waals surface area contributed by atoms with E-state index in [4.69, 9.17) is 4.74 Å². The molecule has 2 rings (SSSR count). The Morgan fingerprint density at radius 1 is 1.36 bits per heavy atom. The number of hydrogen-bond donors (Lipinski definition) is 2. The van der Waals surface area contributed by atoms with Gasteiger partial charge in [-0.15, -0.1) is 0 Å². The Labute approximate surface area is 152 Å². The zero-order valence-corrected chi connectivity index (χ0v) is 16.6. The molecule has 25 heavy (non-hydrogen) atoms. The second-order valence-electron chi connectivity index (χ2n) is 7.33. The SMILES string of the molecule is CN=C(NCCc1ccc(C)c(OC)c1)NC1CN(C(C)C)CC1C. The lowest BCUT2D eigenvalue weighted by molar-refractivity contribution is 0.265. The third-order valence-corrected chi connectivity index (χ3v) is 5.10. The highest BCUT2D eigenvalue weighted by Crippen LogP contribution is 2.19. The number of benzene rings is 1. The van der Waals surface area contributed by atoms with Crippen LogP contribution in [0, 0.1) is 12.8 Å². The third kappa shape index (κ3) is 5.36. The molecule has 5 heteroatoms. The molecular weight excluding hydrogens is 312 g/mol. The standard InChI is InChI=1S/C20H34N4O/c1-14(2)24-12-16(4)18(13-24)23-20(21-5)22-10-9-17-8-7-15(3)19(11-17)25-6/h7-8,11,14,16,18H,9-10,12-13H2,1-6H3,(H2,21,22,23).